The Bertz CT molecular complexity index is 695. The molecule has 1 aromatic rings. The Labute approximate surface area is 190 Å². The van der Waals surface area contributed by atoms with Crippen LogP contribution >= 0.6 is 0 Å². The normalized spacial score (nSPS) is 18.0. The number of unbranched alkanes of at least 4 members (excludes halogenated alkanes) is 2. The molecule has 4 heteroatoms. The number of amides is 1. The molecule has 1 aromatic heterocycles. The van der Waals surface area contributed by atoms with Crippen LogP contribution in [0.2, 0.25) is 0 Å². The molecule has 1 aliphatic carbocycles. The van der Waals surface area contributed by atoms with Gasteiger partial charge in [-0.3, -0.25) is 4.79 Å². The fraction of sp³-hybridized carbons (Fsp3) is 0.704. The van der Waals surface area contributed by atoms with Gasteiger partial charge in [-0.05, 0) is 55.9 Å². The van der Waals surface area contributed by atoms with Crippen LogP contribution < -0.4 is 9.88 Å². The summed E-state index contributed by atoms with van der Waals surface area (Å²) < 4.78 is 4.43. The summed E-state index contributed by atoms with van der Waals surface area (Å²) in [6, 6.07) is 0. The van der Waals surface area contributed by atoms with E-state index < -0.39 is 0 Å². The second-order valence-electron chi connectivity index (χ2n) is 9.47. The Morgan fingerprint density at radius 2 is 1.81 bits per heavy atom. The van der Waals surface area contributed by atoms with Crippen molar-refractivity contribution in [3.8, 4) is 0 Å². The standard InChI is InChI=1S/C27H45N3O/c1-6-10-14-23(8-3)20-29-17-18-30(21-24(9-4)15-11-7-2)27(29)26(31)28-25-16-12-13-22(5)19-25/h12-13,16-18,22-24H,6-11,14-15,19-21H2,1-5H3/p+1/t22?,23-,24?/m1/s1. The van der Waals surface area contributed by atoms with Gasteiger partial charge in [0.2, 0.25) is 0 Å². The average molecular weight is 429 g/mol. The minimum absolute atomic E-state index is 0.0365. The maximum Gasteiger partial charge on any atom is 0.348 e. The number of nitrogens with one attached hydrogen (secondary N) is 1. The minimum atomic E-state index is 0.0365. The fourth-order valence-corrected chi connectivity index (χ4v) is 4.55. The molecule has 0 saturated carbocycles. The summed E-state index contributed by atoms with van der Waals surface area (Å²) in [5.74, 6) is 2.55. The number of nitrogens with zero attached hydrogens (tertiary/aromatic N) is 2. The Balaban J connectivity index is 2.25. The predicted octanol–water partition coefficient (Wildman–Crippen LogP) is 6.42. The van der Waals surface area contributed by atoms with Gasteiger partial charge in [0, 0.05) is 5.70 Å². The molecule has 0 radical (unpaired) electrons. The lowest BCUT2D eigenvalue weighted by Crippen LogP contribution is -2.46. The van der Waals surface area contributed by atoms with E-state index in [0.29, 0.717) is 17.8 Å². The summed E-state index contributed by atoms with van der Waals surface area (Å²) in [5.41, 5.74) is 1.02. The molecule has 4 nitrogen and oxygen atoms in total. The highest BCUT2D eigenvalue weighted by Crippen LogP contribution is 2.19. The number of aromatic nitrogens is 2. The number of allylic oxidation sites excluding steroid dienone is 4. The lowest BCUT2D eigenvalue weighted by atomic mass is 9.99. The van der Waals surface area contributed by atoms with Crippen LogP contribution in [0.25, 0.3) is 0 Å². The third-order valence-electron chi connectivity index (χ3n) is 6.72. The molecular weight excluding hydrogens is 382 g/mol. The van der Waals surface area contributed by atoms with Gasteiger partial charge in [0.05, 0.1) is 13.1 Å². The van der Waals surface area contributed by atoms with Crippen LogP contribution in [0.15, 0.2) is 36.3 Å². The van der Waals surface area contributed by atoms with Crippen molar-refractivity contribution in [2.75, 3.05) is 0 Å². The molecule has 2 unspecified atom stereocenters. The van der Waals surface area contributed by atoms with Gasteiger partial charge in [0.15, 0.2) is 0 Å². The van der Waals surface area contributed by atoms with Gasteiger partial charge in [-0.25, -0.2) is 9.13 Å². The highest BCUT2D eigenvalue weighted by molar-refractivity contribution is 5.90. The smallest absolute Gasteiger partial charge is 0.319 e. The molecule has 0 fully saturated rings. The molecule has 3 atom stereocenters. The number of carbonyl (C=O) groups is 1. The van der Waals surface area contributed by atoms with Crippen LogP contribution in [0.3, 0.4) is 0 Å². The molecule has 1 aliphatic rings. The molecule has 1 heterocycles. The first-order chi connectivity index (χ1) is 15.0. The largest absolute Gasteiger partial charge is 0.348 e. The van der Waals surface area contributed by atoms with E-state index in [1.54, 1.807) is 0 Å². The summed E-state index contributed by atoms with van der Waals surface area (Å²) in [5, 5.41) is 3.23. The van der Waals surface area contributed by atoms with E-state index in [1.807, 2.05) is 6.08 Å². The first kappa shape index (κ1) is 25.4. The van der Waals surface area contributed by atoms with Gasteiger partial charge in [-0.15, -0.1) is 0 Å². The van der Waals surface area contributed by atoms with E-state index in [-0.39, 0.29) is 5.91 Å². The monoisotopic (exact) mass is 428 g/mol. The number of hydrogen-bond donors (Lipinski definition) is 1. The van der Waals surface area contributed by atoms with E-state index >= 15 is 0 Å². The summed E-state index contributed by atoms with van der Waals surface area (Å²) in [4.78, 5) is 13.5. The molecular formula is C27H46N3O+. The van der Waals surface area contributed by atoms with Crippen LogP contribution in [0.5, 0.6) is 0 Å². The van der Waals surface area contributed by atoms with Crippen molar-refractivity contribution in [2.24, 2.45) is 17.8 Å². The van der Waals surface area contributed by atoms with Crippen molar-refractivity contribution >= 4 is 5.91 Å². The van der Waals surface area contributed by atoms with Gasteiger partial charge < -0.3 is 5.32 Å². The zero-order valence-corrected chi connectivity index (χ0v) is 20.7. The maximum atomic E-state index is 13.5. The fourth-order valence-electron chi connectivity index (χ4n) is 4.55. The van der Waals surface area contributed by atoms with E-state index in [2.05, 4.69) is 73.6 Å². The van der Waals surface area contributed by atoms with Crippen molar-refractivity contribution in [1.29, 1.82) is 0 Å². The van der Waals surface area contributed by atoms with Gasteiger partial charge in [-0.2, -0.15) is 0 Å². The summed E-state index contributed by atoms with van der Waals surface area (Å²) >= 11 is 0. The third kappa shape index (κ3) is 7.97. The van der Waals surface area contributed by atoms with Crippen molar-refractivity contribution in [1.82, 2.24) is 9.88 Å². The number of carbonyl (C=O) groups excluding carboxylic acids is 1. The second-order valence-corrected chi connectivity index (χ2v) is 9.47. The number of hydrogen-bond acceptors (Lipinski definition) is 1. The molecule has 0 aliphatic heterocycles. The summed E-state index contributed by atoms with van der Waals surface area (Å²) in [6.07, 6.45) is 21.2. The Hall–Kier alpha value is -1.84. The molecule has 2 rings (SSSR count). The van der Waals surface area contributed by atoms with Gasteiger partial charge in [-0.1, -0.05) is 72.5 Å². The van der Waals surface area contributed by atoms with Crippen molar-refractivity contribution in [2.45, 2.75) is 105 Å². The van der Waals surface area contributed by atoms with Crippen molar-refractivity contribution in [3.63, 3.8) is 0 Å². The van der Waals surface area contributed by atoms with E-state index in [0.717, 1.165) is 43.9 Å². The molecule has 1 N–H and O–H groups in total. The number of imidazole rings is 1. The van der Waals surface area contributed by atoms with Gasteiger partial charge in [0.1, 0.15) is 12.4 Å². The topological polar surface area (TPSA) is 37.9 Å². The quantitative estimate of drug-likeness (QED) is 0.341. The number of rotatable bonds is 14. The highest BCUT2D eigenvalue weighted by Gasteiger charge is 2.29. The van der Waals surface area contributed by atoms with E-state index in [4.69, 9.17) is 0 Å². The Kier molecular flexibility index (Phi) is 11.1. The molecule has 0 saturated heterocycles. The first-order valence-electron chi connectivity index (χ1n) is 12.8. The molecule has 174 valence electrons. The lowest BCUT2D eigenvalue weighted by molar-refractivity contribution is -0.704. The first-order valence-corrected chi connectivity index (χ1v) is 12.8. The minimum Gasteiger partial charge on any atom is -0.319 e. The molecule has 0 spiro atoms. The van der Waals surface area contributed by atoms with Crippen LogP contribution in [0.4, 0.5) is 0 Å². The van der Waals surface area contributed by atoms with Crippen LogP contribution in [0.1, 0.15) is 103 Å². The van der Waals surface area contributed by atoms with Crippen molar-refractivity contribution < 1.29 is 9.36 Å². The van der Waals surface area contributed by atoms with Crippen LogP contribution in [0, 0.1) is 17.8 Å². The average Bonchev–Trinajstić information content (AvgIpc) is 3.16. The second kappa shape index (κ2) is 13.5. The highest BCUT2D eigenvalue weighted by atomic mass is 16.2. The van der Waals surface area contributed by atoms with E-state index in [1.165, 1.54) is 38.5 Å². The zero-order chi connectivity index (χ0) is 22.6. The van der Waals surface area contributed by atoms with Crippen LogP contribution in [-0.4, -0.2) is 10.5 Å². The lowest BCUT2D eigenvalue weighted by Gasteiger charge is -2.17. The Morgan fingerprint density at radius 1 is 1.13 bits per heavy atom. The van der Waals surface area contributed by atoms with Gasteiger partial charge >= 0.3 is 11.7 Å². The SMILES string of the molecule is CCCCC(CC)Cn1cc[n+](C[C@H](CC)CCCC)c1C(=O)NC1=CC=CC(C)C1. The van der Waals surface area contributed by atoms with Crippen molar-refractivity contribution in [3.05, 3.63) is 42.1 Å². The maximum absolute atomic E-state index is 13.5. The summed E-state index contributed by atoms with van der Waals surface area (Å²) in [6.45, 7) is 13.1. The van der Waals surface area contributed by atoms with E-state index in [9.17, 15) is 4.79 Å². The third-order valence-corrected chi connectivity index (χ3v) is 6.72. The van der Waals surface area contributed by atoms with Gasteiger partial charge in [0.25, 0.3) is 0 Å². The molecule has 0 aromatic carbocycles. The molecule has 1 amide bonds. The zero-order valence-electron chi connectivity index (χ0n) is 20.7. The molecule has 31 heavy (non-hydrogen) atoms. The summed E-state index contributed by atoms with van der Waals surface area (Å²) in [7, 11) is 0. The predicted molar refractivity (Wildman–Crippen MR) is 130 cm³/mol. The van der Waals surface area contributed by atoms with Crippen LogP contribution in [-0.2, 0) is 13.1 Å². The Morgan fingerprint density at radius 3 is 2.42 bits per heavy atom. The molecule has 0 bridgehead atoms.